The van der Waals surface area contributed by atoms with Gasteiger partial charge in [-0.25, -0.2) is 17.9 Å². The van der Waals surface area contributed by atoms with E-state index in [1.807, 2.05) is 6.07 Å². The van der Waals surface area contributed by atoms with E-state index >= 15 is 0 Å². The molecule has 0 fully saturated rings. The Kier molecular flexibility index (Phi) is 4.39. The highest BCUT2D eigenvalue weighted by Gasteiger charge is 2.14. The van der Waals surface area contributed by atoms with E-state index in [9.17, 15) is 13.2 Å². The maximum absolute atomic E-state index is 12.0. The molecule has 0 atom stereocenters. The van der Waals surface area contributed by atoms with Crippen molar-refractivity contribution >= 4 is 16.0 Å². The third-order valence-electron chi connectivity index (χ3n) is 2.85. The number of sulfonamides is 1. The monoisotopic (exact) mass is 309 g/mol. The SMILES string of the molecule is Cn1ccc(CCNS(=O)(=O)c2ccc(C(=O)O)cc2)n1. The molecule has 0 bridgehead atoms. The number of aromatic nitrogens is 2. The first kappa shape index (κ1) is 15.2. The third-order valence-corrected chi connectivity index (χ3v) is 4.33. The maximum Gasteiger partial charge on any atom is 0.335 e. The van der Waals surface area contributed by atoms with Gasteiger partial charge in [0.05, 0.1) is 16.2 Å². The topological polar surface area (TPSA) is 101 Å². The fourth-order valence-corrected chi connectivity index (χ4v) is 2.80. The molecule has 1 aromatic heterocycles. The van der Waals surface area contributed by atoms with Crippen molar-refractivity contribution < 1.29 is 18.3 Å². The highest BCUT2D eigenvalue weighted by Crippen LogP contribution is 2.10. The first-order valence-electron chi connectivity index (χ1n) is 6.20. The van der Waals surface area contributed by atoms with Gasteiger partial charge in [-0.05, 0) is 30.3 Å². The molecule has 1 aromatic carbocycles. The van der Waals surface area contributed by atoms with E-state index in [0.717, 1.165) is 5.69 Å². The molecule has 7 nitrogen and oxygen atoms in total. The van der Waals surface area contributed by atoms with E-state index in [1.165, 1.54) is 24.3 Å². The molecule has 21 heavy (non-hydrogen) atoms. The molecule has 0 aliphatic heterocycles. The molecule has 8 heteroatoms. The van der Waals surface area contributed by atoms with Gasteiger partial charge in [0.15, 0.2) is 0 Å². The van der Waals surface area contributed by atoms with E-state index in [2.05, 4.69) is 9.82 Å². The van der Waals surface area contributed by atoms with Gasteiger partial charge in [-0.1, -0.05) is 0 Å². The van der Waals surface area contributed by atoms with Crippen molar-refractivity contribution in [3.05, 3.63) is 47.8 Å². The highest BCUT2D eigenvalue weighted by atomic mass is 32.2. The highest BCUT2D eigenvalue weighted by molar-refractivity contribution is 7.89. The van der Waals surface area contributed by atoms with Crippen LogP contribution >= 0.6 is 0 Å². The summed E-state index contributed by atoms with van der Waals surface area (Å²) in [5.41, 5.74) is 0.837. The van der Waals surface area contributed by atoms with E-state index in [0.29, 0.717) is 6.42 Å². The quantitative estimate of drug-likeness (QED) is 0.815. The molecule has 0 aliphatic carbocycles. The fourth-order valence-electron chi connectivity index (χ4n) is 1.77. The predicted molar refractivity (Wildman–Crippen MR) is 75.5 cm³/mol. The Morgan fingerprint density at radius 3 is 2.48 bits per heavy atom. The summed E-state index contributed by atoms with van der Waals surface area (Å²) in [6.45, 7) is 0.222. The smallest absolute Gasteiger partial charge is 0.335 e. The average Bonchev–Trinajstić information content (AvgIpc) is 2.84. The minimum absolute atomic E-state index is 0.0357. The number of hydrogen-bond acceptors (Lipinski definition) is 4. The summed E-state index contributed by atoms with van der Waals surface area (Å²) in [6, 6.07) is 6.88. The number of aromatic carboxylic acids is 1. The zero-order valence-corrected chi connectivity index (χ0v) is 12.2. The summed E-state index contributed by atoms with van der Waals surface area (Å²) in [7, 11) is -1.85. The fraction of sp³-hybridized carbons (Fsp3) is 0.231. The zero-order valence-electron chi connectivity index (χ0n) is 11.4. The molecule has 0 amide bonds. The van der Waals surface area contributed by atoms with Crippen LogP contribution in [-0.4, -0.2) is 35.8 Å². The van der Waals surface area contributed by atoms with Crippen LogP contribution in [0.3, 0.4) is 0 Å². The van der Waals surface area contributed by atoms with Gasteiger partial charge in [-0.15, -0.1) is 0 Å². The summed E-state index contributed by atoms with van der Waals surface area (Å²) >= 11 is 0. The van der Waals surface area contributed by atoms with Crippen LogP contribution in [-0.2, 0) is 23.5 Å². The van der Waals surface area contributed by atoms with Gasteiger partial charge in [-0.3, -0.25) is 4.68 Å². The molecule has 2 N–H and O–H groups in total. The number of carbonyl (C=O) groups is 1. The molecule has 1 heterocycles. The number of aryl methyl sites for hydroxylation is 1. The standard InChI is InChI=1S/C13H15N3O4S/c1-16-9-7-11(15-16)6-8-14-21(19,20)12-4-2-10(3-5-12)13(17)18/h2-5,7,9,14H,6,8H2,1H3,(H,17,18). The van der Waals surface area contributed by atoms with Gasteiger partial charge in [0.25, 0.3) is 0 Å². The van der Waals surface area contributed by atoms with E-state index in [1.54, 1.807) is 17.9 Å². The number of carboxylic acids is 1. The van der Waals surface area contributed by atoms with Crippen molar-refractivity contribution in [1.82, 2.24) is 14.5 Å². The summed E-state index contributed by atoms with van der Waals surface area (Å²) in [5, 5.41) is 12.9. The molecule has 2 aromatic rings. The number of rotatable bonds is 6. The first-order chi connectivity index (χ1) is 9.88. The van der Waals surface area contributed by atoms with Crippen LogP contribution < -0.4 is 4.72 Å². The Morgan fingerprint density at radius 1 is 1.29 bits per heavy atom. The average molecular weight is 309 g/mol. The zero-order chi connectivity index (χ0) is 15.5. The van der Waals surface area contributed by atoms with Crippen LogP contribution in [0.1, 0.15) is 16.1 Å². The number of benzene rings is 1. The molecular formula is C13H15N3O4S. The molecular weight excluding hydrogens is 294 g/mol. The molecule has 112 valence electrons. The second-order valence-electron chi connectivity index (χ2n) is 4.46. The van der Waals surface area contributed by atoms with Crippen LogP contribution in [0.5, 0.6) is 0 Å². The molecule has 0 spiro atoms. The van der Waals surface area contributed by atoms with Crippen LogP contribution in [0.4, 0.5) is 0 Å². The van der Waals surface area contributed by atoms with Crippen molar-refractivity contribution in [1.29, 1.82) is 0 Å². The van der Waals surface area contributed by atoms with Crippen LogP contribution in [0, 0.1) is 0 Å². The van der Waals surface area contributed by atoms with E-state index in [4.69, 9.17) is 5.11 Å². The van der Waals surface area contributed by atoms with Crippen LogP contribution in [0.15, 0.2) is 41.4 Å². The number of carboxylic acid groups (broad SMARTS) is 1. The molecule has 0 saturated heterocycles. The van der Waals surface area contributed by atoms with Gasteiger partial charge < -0.3 is 5.11 Å². The van der Waals surface area contributed by atoms with Gasteiger partial charge in [-0.2, -0.15) is 5.10 Å². The van der Waals surface area contributed by atoms with Gasteiger partial charge in [0.2, 0.25) is 10.0 Å². The van der Waals surface area contributed by atoms with Gasteiger partial charge in [0, 0.05) is 26.2 Å². The summed E-state index contributed by atoms with van der Waals surface area (Å²) in [5.74, 6) is -1.10. The summed E-state index contributed by atoms with van der Waals surface area (Å²) < 4.78 is 28.2. The minimum Gasteiger partial charge on any atom is -0.478 e. The number of nitrogens with one attached hydrogen (secondary N) is 1. The molecule has 0 saturated carbocycles. The Hall–Kier alpha value is -2.19. The number of hydrogen-bond donors (Lipinski definition) is 2. The Labute approximate surface area is 122 Å². The number of nitrogens with zero attached hydrogens (tertiary/aromatic N) is 2. The lowest BCUT2D eigenvalue weighted by Gasteiger charge is -2.06. The Balaban J connectivity index is 1.99. The predicted octanol–water partition coefficient (Wildman–Crippen LogP) is 0.639. The summed E-state index contributed by atoms with van der Waals surface area (Å²) in [4.78, 5) is 10.8. The van der Waals surface area contributed by atoms with Crippen molar-refractivity contribution in [2.45, 2.75) is 11.3 Å². The van der Waals surface area contributed by atoms with E-state index < -0.39 is 16.0 Å². The van der Waals surface area contributed by atoms with E-state index in [-0.39, 0.29) is 17.0 Å². The molecule has 0 unspecified atom stereocenters. The van der Waals surface area contributed by atoms with Gasteiger partial charge >= 0.3 is 5.97 Å². The first-order valence-corrected chi connectivity index (χ1v) is 7.68. The van der Waals surface area contributed by atoms with Crippen molar-refractivity contribution in [3.63, 3.8) is 0 Å². The normalized spacial score (nSPS) is 11.5. The van der Waals surface area contributed by atoms with Crippen molar-refractivity contribution in [2.75, 3.05) is 6.54 Å². The van der Waals surface area contributed by atoms with Crippen LogP contribution in [0.2, 0.25) is 0 Å². The molecule has 2 rings (SSSR count). The molecule has 0 aliphatic rings. The largest absolute Gasteiger partial charge is 0.478 e. The Bertz CT molecular complexity index is 735. The van der Waals surface area contributed by atoms with Gasteiger partial charge in [0.1, 0.15) is 0 Å². The lowest BCUT2D eigenvalue weighted by Crippen LogP contribution is -2.26. The molecule has 0 radical (unpaired) electrons. The second kappa shape index (κ2) is 6.06. The minimum atomic E-state index is -3.64. The van der Waals surface area contributed by atoms with Crippen LogP contribution in [0.25, 0.3) is 0 Å². The third kappa shape index (κ3) is 3.89. The van der Waals surface area contributed by atoms with Crippen molar-refractivity contribution in [3.8, 4) is 0 Å². The Morgan fingerprint density at radius 2 is 1.95 bits per heavy atom. The van der Waals surface area contributed by atoms with Crippen molar-refractivity contribution in [2.24, 2.45) is 7.05 Å². The summed E-state index contributed by atoms with van der Waals surface area (Å²) in [6.07, 6.45) is 2.27. The maximum atomic E-state index is 12.0. The lowest BCUT2D eigenvalue weighted by molar-refractivity contribution is 0.0696. The second-order valence-corrected chi connectivity index (χ2v) is 6.23. The lowest BCUT2D eigenvalue weighted by atomic mass is 10.2.